The van der Waals surface area contributed by atoms with Crippen LogP contribution in [0.1, 0.15) is 24.2 Å². The fourth-order valence-corrected chi connectivity index (χ4v) is 1.64. The van der Waals surface area contributed by atoms with Gasteiger partial charge in [-0.1, -0.05) is 0 Å². The van der Waals surface area contributed by atoms with Gasteiger partial charge < -0.3 is 4.74 Å². The third-order valence-corrected chi connectivity index (χ3v) is 2.44. The number of aryl methyl sites for hydroxylation is 1. The average molecular weight is 235 g/mol. The molecule has 2 aromatic rings. The molecule has 0 bridgehead atoms. The second kappa shape index (κ2) is 4.40. The lowest BCUT2D eigenvalue weighted by Gasteiger charge is -2.04. The second-order valence-electron chi connectivity index (χ2n) is 3.44. The van der Waals surface area contributed by atoms with Crippen LogP contribution >= 0.6 is 0 Å². The fourth-order valence-electron chi connectivity index (χ4n) is 1.64. The molecule has 0 saturated carbocycles. The van der Waals surface area contributed by atoms with Crippen LogP contribution in [-0.4, -0.2) is 26.8 Å². The standard InChI is InChI=1S/C11H13N3O3/c1-3-13-6-5-9-12-7-8(10(15)14(9)13)11(16)17-4-2/h5-7H,3-4H2,1-2H3. The number of nitrogens with zero attached hydrogens (tertiary/aromatic N) is 3. The normalized spacial score (nSPS) is 10.7. The zero-order chi connectivity index (χ0) is 12.4. The summed E-state index contributed by atoms with van der Waals surface area (Å²) in [5, 5.41) is 0. The van der Waals surface area contributed by atoms with E-state index in [1.165, 1.54) is 10.7 Å². The molecule has 0 atom stereocenters. The molecule has 0 unspecified atom stereocenters. The maximum absolute atomic E-state index is 12.1. The Kier molecular flexibility index (Phi) is 2.95. The largest absolute Gasteiger partial charge is 0.462 e. The summed E-state index contributed by atoms with van der Waals surface area (Å²) in [4.78, 5) is 27.7. The maximum atomic E-state index is 12.1. The predicted octanol–water partition coefficient (Wildman–Crippen LogP) is 0.693. The predicted molar refractivity (Wildman–Crippen MR) is 61.1 cm³/mol. The van der Waals surface area contributed by atoms with E-state index in [4.69, 9.17) is 4.74 Å². The third-order valence-electron chi connectivity index (χ3n) is 2.44. The van der Waals surface area contributed by atoms with Gasteiger partial charge in [0.25, 0.3) is 5.56 Å². The monoisotopic (exact) mass is 235 g/mol. The average Bonchev–Trinajstić information content (AvgIpc) is 2.73. The summed E-state index contributed by atoms with van der Waals surface area (Å²) in [5.41, 5.74) is 0.0722. The van der Waals surface area contributed by atoms with Gasteiger partial charge in [0.15, 0.2) is 5.65 Å². The number of rotatable bonds is 3. The zero-order valence-corrected chi connectivity index (χ0v) is 9.71. The second-order valence-corrected chi connectivity index (χ2v) is 3.44. The van der Waals surface area contributed by atoms with Crippen LogP contribution in [0.25, 0.3) is 5.65 Å². The van der Waals surface area contributed by atoms with E-state index in [-0.39, 0.29) is 12.2 Å². The Hall–Kier alpha value is -2.11. The van der Waals surface area contributed by atoms with Crippen LogP contribution in [0, 0.1) is 0 Å². The number of hydrogen-bond donors (Lipinski definition) is 0. The SMILES string of the molecule is CCOC(=O)c1cnc2ccn(CC)n2c1=O. The van der Waals surface area contributed by atoms with E-state index < -0.39 is 11.5 Å². The van der Waals surface area contributed by atoms with Crippen molar-refractivity contribution >= 4 is 11.6 Å². The molecule has 0 amide bonds. The number of esters is 1. The first kappa shape index (κ1) is 11.4. The highest BCUT2D eigenvalue weighted by atomic mass is 16.5. The zero-order valence-electron chi connectivity index (χ0n) is 9.71. The number of carbonyl (C=O) groups is 1. The molecule has 17 heavy (non-hydrogen) atoms. The van der Waals surface area contributed by atoms with Gasteiger partial charge in [-0.25, -0.2) is 9.78 Å². The Bertz CT molecular complexity index is 612. The van der Waals surface area contributed by atoms with Gasteiger partial charge in [0.05, 0.1) is 6.61 Å². The fraction of sp³-hybridized carbons (Fsp3) is 0.364. The van der Waals surface area contributed by atoms with Crippen LogP contribution in [0.2, 0.25) is 0 Å². The maximum Gasteiger partial charge on any atom is 0.345 e. The molecule has 0 fully saturated rings. The number of carbonyl (C=O) groups excluding carboxylic acids is 1. The van der Waals surface area contributed by atoms with Gasteiger partial charge in [0, 0.05) is 25.0 Å². The summed E-state index contributed by atoms with van der Waals surface area (Å²) in [7, 11) is 0. The Balaban J connectivity index is 2.64. The minimum Gasteiger partial charge on any atom is -0.462 e. The van der Waals surface area contributed by atoms with E-state index in [0.29, 0.717) is 12.2 Å². The first-order valence-electron chi connectivity index (χ1n) is 5.43. The molecule has 0 spiro atoms. The lowest BCUT2D eigenvalue weighted by molar-refractivity contribution is 0.0523. The van der Waals surface area contributed by atoms with Crippen molar-refractivity contribution in [1.82, 2.24) is 14.2 Å². The Labute approximate surface area is 97.4 Å². The summed E-state index contributed by atoms with van der Waals surface area (Å²) in [6.07, 6.45) is 3.01. The van der Waals surface area contributed by atoms with Crippen LogP contribution in [-0.2, 0) is 11.3 Å². The van der Waals surface area contributed by atoms with Gasteiger partial charge in [-0.15, -0.1) is 0 Å². The van der Waals surface area contributed by atoms with E-state index in [9.17, 15) is 9.59 Å². The number of hydrogen-bond acceptors (Lipinski definition) is 4. The number of fused-ring (bicyclic) bond motifs is 1. The minimum absolute atomic E-state index is 0.0437. The molecule has 2 aromatic heterocycles. The van der Waals surface area contributed by atoms with Crippen LogP contribution in [0.3, 0.4) is 0 Å². The van der Waals surface area contributed by atoms with Gasteiger partial charge in [-0.05, 0) is 13.8 Å². The van der Waals surface area contributed by atoms with E-state index in [2.05, 4.69) is 4.98 Å². The lowest BCUT2D eigenvalue weighted by atomic mass is 10.3. The van der Waals surface area contributed by atoms with Crippen LogP contribution < -0.4 is 5.56 Å². The lowest BCUT2D eigenvalue weighted by Crippen LogP contribution is -2.27. The van der Waals surface area contributed by atoms with Gasteiger partial charge in [0.2, 0.25) is 0 Å². The summed E-state index contributed by atoms with van der Waals surface area (Å²) in [6, 6.07) is 1.72. The minimum atomic E-state index is -0.636. The molecular formula is C11H13N3O3. The van der Waals surface area contributed by atoms with E-state index in [1.807, 2.05) is 6.92 Å². The van der Waals surface area contributed by atoms with E-state index in [1.54, 1.807) is 23.9 Å². The van der Waals surface area contributed by atoms with Crippen molar-refractivity contribution in [2.75, 3.05) is 6.61 Å². The molecule has 0 aliphatic heterocycles. The molecule has 0 aromatic carbocycles. The molecule has 0 aliphatic rings. The van der Waals surface area contributed by atoms with Crippen molar-refractivity contribution in [2.45, 2.75) is 20.4 Å². The van der Waals surface area contributed by atoms with E-state index >= 15 is 0 Å². The van der Waals surface area contributed by atoms with Crippen LogP contribution in [0.5, 0.6) is 0 Å². The molecule has 0 N–H and O–H groups in total. The van der Waals surface area contributed by atoms with Crippen molar-refractivity contribution < 1.29 is 9.53 Å². The van der Waals surface area contributed by atoms with Crippen molar-refractivity contribution in [3.05, 3.63) is 34.4 Å². The number of aromatic nitrogens is 3. The Morgan fingerprint density at radius 2 is 2.24 bits per heavy atom. The van der Waals surface area contributed by atoms with Crippen molar-refractivity contribution in [3.63, 3.8) is 0 Å². The number of ether oxygens (including phenoxy) is 1. The van der Waals surface area contributed by atoms with Gasteiger partial charge in [-0.3, -0.25) is 9.48 Å². The smallest absolute Gasteiger partial charge is 0.345 e. The molecule has 6 nitrogen and oxygen atoms in total. The molecular weight excluding hydrogens is 222 g/mol. The third kappa shape index (κ3) is 1.82. The van der Waals surface area contributed by atoms with Crippen molar-refractivity contribution in [1.29, 1.82) is 0 Å². The van der Waals surface area contributed by atoms with Gasteiger partial charge in [-0.2, -0.15) is 4.52 Å². The highest BCUT2D eigenvalue weighted by molar-refractivity contribution is 5.88. The quantitative estimate of drug-likeness (QED) is 0.734. The van der Waals surface area contributed by atoms with Gasteiger partial charge >= 0.3 is 5.97 Å². The highest BCUT2D eigenvalue weighted by Gasteiger charge is 2.15. The van der Waals surface area contributed by atoms with Gasteiger partial charge in [0.1, 0.15) is 5.56 Å². The van der Waals surface area contributed by atoms with Crippen LogP contribution in [0.15, 0.2) is 23.3 Å². The summed E-state index contributed by atoms with van der Waals surface area (Å²) in [6.45, 7) is 4.45. The summed E-state index contributed by atoms with van der Waals surface area (Å²) in [5.74, 6) is -0.636. The van der Waals surface area contributed by atoms with Crippen LogP contribution in [0.4, 0.5) is 0 Å². The molecule has 0 saturated heterocycles. The van der Waals surface area contributed by atoms with E-state index in [0.717, 1.165) is 0 Å². The molecule has 90 valence electrons. The first-order chi connectivity index (χ1) is 8.19. The molecule has 0 radical (unpaired) electrons. The van der Waals surface area contributed by atoms with Crippen molar-refractivity contribution in [2.24, 2.45) is 0 Å². The Morgan fingerprint density at radius 3 is 2.88 bits per heavy atom. The summed E-state index contributed by atoms with van der Waals surface area (Å²) >= 11 is 0. The molecule has 2 rings (SSSR count). The summed E-state index contributed by atoms with van der Waals surface area (Å²) < 4.78 is 7.86. The topological polar surface area (TPSA) is 65.6 Å². The molecule has 2 heterocycles. The Morgan fingerprint density at radius 1 is 1.47 bits per heavy atom. The highest BCUT2D eigenvalue weighted by Crippen LogP contribution is 2.01. The molecule has 0 aliphatic carbocycles. The van der Waals surface area contributed by atoms with Crippen molar-refractivity contribution in [3.8, 4) is 0 Å². The first-order valence-corrected chi connectivity index (χ1v) is 5.43. The molecule has 6 heteroatoms.